The Morgan fingerprint density at radius 3 is 2.57 bits per heavy atom. The van der Waals surface area contributed by atoms with E-state index in [2.05, 4.69) is 26.4 Å². The first kappa shape index (κ1) is 4.25. The van der Waals surface area contributed by atoms with E-state index < -0.39 is 0 Å². The van der Waals surface area contributed by atoms with E-state index >= 15 is 0 Å². The quantitative estimate of drug-likeness (QED) is 0.476. The van der Waals surface area contributed by atoms with Gasteiger partial charge in [-0.2, -0.15) is 5.53 Å². The van der Waals surface area contributed by atoms with Gasteiger partial charge >= 0.3 is 0 Å². The van der Waals surface area contributed by atoms with E-state index in [1.807, 2.05) is 0 Å². The van der Waals surface area contributed by atoms with E-state index in [0.717, 1.165) is 4.64 Å². The fourth-order valence-corrected chi connectivity index (χ4v) is 0.214. The van der Waals surface area contributed by atoms with Crippen molar-refractivity contribution in [3.63, 3.8) is 0 Å². The van der Waals surface area contributed by atoms with Crippen LogP contribution in [0.3, 0.4) is 0 Å². The molecule has 7 heteroatoms. The van der Waals surface area contributed by atoms with Gasteiger partial charge in [0.1, 0.15) is 0 Å². The number of hydrogen-bond donors (Lipinski definition) is 1. The van der Waals surface area contributed by atoms with Crippen LogP contribution in [0.4, 0.5) is 0 Å². The molecule has 38 valence electrons. The zero-order chi connectivity index (χ0) is 5.11. The van der Waals surface area contributed by atoms with Gasteiger partial charge < -0.3 is 0 Å². The van der Waals surface area contributed by atoms with Crippen molar-refractivity contribution in [2.45, 2.75) is 0 Å². The normalized spacial score (nSPS) is 17.0. The first-order valence-corrected chi connectivity index (χ1v) is 1.75. The van der Waals surface area contributed by atoms with Crippen LogP contribution < -0.4 is 5.53 Å². The highest BCUT2D eigenvalue weighted by Gasteiger charge is 1.92. The van der Waals surface area contributed by atoms with Crippen LogP contribution in [0.25, 0.3) is 0 Å². The molecule has 0 saturated carbocycles. The van der Waals surface area contributed by atoms with Gasteiger partial charge in [-0.25, -0.2) is 0 Å². The van der Waals surface area contributed by atoms with Crippen LogP contribution in [0.2, 0.25) is 0 Å². The minimum Gasteiger partial charge on any atom is -0.165 e. The zero-order valence-corrected chi connectivity index (χ0v) is 3.87. The second-order valence-electron chi connectivity index (χ2n) is 0.728. The first-order chi connectivity index (χ1) is 3.39. The standard InChI is InChI=1S/ClHN6/c1-7-5-3-2-4-6-7/h(H,2,5,6). The summed E-state index contributed by atoms with van der Waals surface area (Å²) in [6.45, 7) is 0. The monoisotopic (exact) mass is 120 g/mol. The molecule has 1 N–H and O–H groups in total. The lowest BCUT2D eigenvalue weighted by Gasteiger charge is -2.03. The van der Waals surface area contributed by atoms with Gasteiger partial charge in [0, 0.05) is 0 Å². The number of hydrogen-bond acceptors (Lipinski definition) is 6. The van der Waals surface area contributed by atoms with Gasteiger partial charge in [-0.15, -0.1) is 0 Å². The molecule has 0 saturated heterocycles. The van der Waals surface area contributed by atoms with Crippen molar-refractivity contribution in [1.29, 1.82) is 0 Å². The van der Waals surface area contributed by atoms with Gasteiger partial charge in [0.25, 0.3) is 0 Å². The molecule has 0 aliphatic carbocycles. The van der Waals surface area contributed by atoms with Crippen molar-refractivity contribution in [3.05, 3.63) is 0 Å². The smallest absolute Gasteiger partial charge is 0.0606 e. The molecule has 6 nitrogen and oxygen atoms in total. The molecule has 1 heterocycles. The van der Waals surface area contributed by atoms with Crippen LogP contribution in [-0.2, 0) is 0 Å². The molecule has 1 aliphatic rings. The summed E-state index contributed by atoms with van der Waals surface area (Å²) in [6, 6.07) is 0. The zero-order valence-electron chi connectivity index (χ0n) is 3.11. The molecule has 0 amide bonds. The predicted molar refractivity (Wildman–Crippen MR) is 20.5 cm³/mol. The van der Waals surface area contributed by atoms with Gasteiger partial charge in [0.2, 0.25) is 0 Å². The Morgan fingerprint density at radius 1 is 1.43 bits per heavy atom. The molecule has 0 bridgehead atoms. The number of halogens is 1. The van der Waals surface area contributed by atoms with Gasteiger partial charge in [-0.3, -0.25) is 0 Å². The largest absolute Gasteiger partial charge is 0.165 e. The van der Waals surface area contributed by atoms with Crippen molar-refractivity contribution < 1.29 is 0 Å². The topological polar surface area (TPSA) is 64.7 Å². The molecular formula is HClN6. The van der Waals surface area contributed by atoms with Crippen LogP contribution in [-0.4, -0.2) is 4.64 Å². The Balaban J connectivity index is 2.49. The van der Waals surface area contributed by atoms with Gasteiger partial charge in [-0.1, -0.05) is 4.64 Å². The molecule has 0 fully saturated rings. The summed E-state index contributed by atoms with van der Waals surface area (Å²) >= 11 is 5.12. The van der Waals surface area contributed by atoms with Crippen molar-refractivity contribution >= 4 is 11.8 Å². The minimum absolute atomic E-state index is 0.812. The molecule has 0 aromatic rings. The summed E-state index contributed by atoms with van der Waals surface area (Å²) in [5.74, 6) is 0. The summed E-state index contributed by atoms with van der Waals surface area (Å²) in [5.41, 5.74) is 2.18. The summed E-state index contributed by atoms with van der Waals surface area (Å²) in [5, 5.41) is 12.5. The predicted octanol–water partition coefficient (Wildman–Crippen LogP) is 0.610. The Bertz CT molecular complexity index is 103. The maximum Gasteiger partial charge on any atom is 0.0606 e. The lowest BCUT2D eigenvalue weighted by Crippen LogP contribution is -2.19. The number of hydrazine groups is 1. The average molecular weight is 121 g/mol. The molecule has 1 aliphatic heterocycles. The van der Waals surface area contributed by atoms with E-state index in [1.165, 1.54) is 0 Å². The minimum atomic E-state index is 0.812. The SMILES string of the molecule is ClN1N=NN=NN1. The van der Waals surface area contributed by atoms with Gasteiger partial charge in [-0.05, 0) is 20.9 Å². The van der Waals surface area contributed by atoms with E-state index in [4.69, 9.17) is 11.8 Å². The third kappa shape index (κ3) is 0.967. The summed E-state index contributed by atoms with van der Waals surface area (Å²) in [6.07, 6.45) is 0. The van der Waals surface area contributed by atoms with Crippen LogP contribution in [0.15, 0.2) is 20.9 Å². The Morgan fingerprint density at radius 2 is 2.29 bits per heavy atom. The second kappa shape index (κ2) is 1.69. The fourth-order valence-electron chi connectivity index (χ4n) is 0.150. The van der Waals surface area contributed by atoms with Crippen molar-refractivity contribution in [1.82, 2.24) is 10.2 Å². The molecule has 0 unspecified atom stereocenters. The third-order valence-electron chi connectivity index (χ3n) is 0.330. The highest BCUT2D eigenvalue weighted by molar-refractivity contribution is 6.12. The molecular weight excluding hydrogens is 119 g/mol. The third-order valence-corrected chi connectivity index (χ3v) is 0.474. The van der Waals surface area contributed by atoms with Gasteiger partial charge in [0.05, 0.1) is 11.8 Å². The molecule has 0 spiro atoms. The maximum atomic E-state index is 5.12. The highest BCUT2D eigenvalue weighted by atomic mass is 35.5. The van der Waals surface area contributed by atoms with Crippen LogP contribution in [0.5, 0.6) is 0 Å². The Labute approximate surface area is 43.9 Å². The molecule has 0 aromatic carbocycles. The molecule has 1 rings (SSSR count). The lowest BCUT2D eigenvalue weighted by molar-refractivity contribution is 0.295. The Hall–Kier alpha value is -0.910. The molecule has 0 aromatic heterocycles. The van der Waals surface area contributed by atoms with E-state index in [9.17, 15) is 0 Å². The lowest BCUT2D eigenvalue weighted by atomic mass is 12.2. The van der Waals surface area contributed by atoms with Crippen molar-refractivity contribution in [3.8, 4) is 0 Å². The number of nitrogens with zero attached hydrogens (tertiary/aromatic N) is 5. The molecule has 0 radical (unpaired) electrons. The molecule has 0 atom stereocenters. The fraction of sp³-hybridized carbons (Fsp3) is 0. The first-order valence-electron chi connectivity index (χ1n) is 1.42. The van der Waals surface area contributed by atoms with Crippen LogP contribution >= 0.6 is 11.8 Å². The van der Waals surface area contributed by atoms with Crippen LogP contribution in [0.1, 0.15) is 0 Å². The summed E-state index contributed by atoms with van der Waals surface area (Å²) in [7, 11) is 0. The van der Waals surface area contributed by atoms with Gasteiger partial charge in [0.15, 0.2) is 0 Å². The Kier molecular flexibility index (Phi) is 1.03. The second-order valence-corrected chi connectivity index (χ2v) is 1.05. The highest BCUT2D eigenvalue weighted by Crippen LogP contribution is 1.95. The molecule has 7 heavy (non-hydrogen) atoms. The van der Waals surface area contributed by atoms with Crippen molar-refractivity contribution in [2.75, 3.05) is 0 Å². The average Bonchev–Trinajstić information content (AvgIpc) is 1.69. The summed E-state index contributed by atoms with van der Waals surface area (Å²) in [4.78, 5) is 0. The number of rotatable bonds is 0. The van der Waals surface area contributed by atoms with E-state index in [1.54, 1.807) is 0 Å². The van der Waals surface area contributed by atoms with E-state index in [0.29, 0.717) is 0 Å². The van der Waals surface area contributed by atoms with Crippen LogP contribution in [0, 0.1) is 0 Å². The van der Waals surface area contributed by atoms with E-state index in [-0.39, 0.29) is 0 Å². The van der Waals surface area contributed by atoms with Crippen molar-refractivity contribution in [2.24, 2.45) is 20.9 Å². The summed E-state index contributed by atoms with van der Waals surface area (Å²) < 4.78 is 0.812. The maximum absolute atomic E-state index is 5.12. The number of nitrogens with one attached hydrogen (secondary N) is 1.